The van der Waals surface area contributed by atoms with Gasteiger partial charge in [0.2, 0.25) is 0 Å². The van der Waals surface area contributed by atoms with Gasteiger partial charge in [-0.15, -0.1) is 0 Å². The van der Waals surface area contributed by atoms with Crippen LogP contribution < -0.4 is 0 Å². The smallest absolute Gasteiger partial charge is 0.0779 e. The number of hydrogen-bond donors (Lipinski definition) is 0. The van der Waals surface area contributed by atoms with E-state index in [1.165, 1.54) is 19.3 Å². The molecule has 0 spiro atoms. The lowest BCUT2D eigenvalue weighted by Crippen LogP contribution is -2.48. The van der Waals surface area contributed by atoms with Gasteiger partial charge >= 0.3 is 0 Å². The molecule has 0 bridgehead atoms. The predicted octanol–water partition coefficient (Wildman–Crippen LogP) is 7.93. The van der Waals surface area contributed by atoms with Crippen LogP contribution in [0.2, 0.25) is 27.2 Å². The van der Waals surface area contributed by atoms with Gasteiger partial charge in [-0.2, -0.15) is 0 Å². The minimum absolute atomic E-state index is 0.563. The summed E-state index contributed by atoms with van der Waals surface area (Å²) in [5.41, 5.74) is 3.89. The molecule has 0 nitrogen and oxygen atoms in total. The monoisotopic (exact) mass is 362 g/mol. The first-order chi connectivity index (χ1) is 11.3. The van der Waals surface area contributed by atoms with E-state index in [1.807, 2.05) is 24.3 Å². The Bertz CT molecular complexity index is 524. The van der Waals surface area contributed by atoms with Crippen molar-refractivity contribution < 1.29 is 0 Å². The van der Waals surface area contributed by atoms with Crippen LogP contribution >= 0.6 is 11.6 Å². The second-order valence-electron chi connectivity index (χ2n) is 7.94. The average Bonchev–Trinajstić information content (AvgIpc) is 2.50. The molecule has 0 aliphatic carbocycles. The maximum absolute atomic E-state index is 6.00. The summed E-state index contributed by atoms with van der Waals surface area (Å²) < 4.78 is 0. The van der Waals surface area contributed by atoms with Crippen LogP contribution in [0.4, 0.5) is 0 Å². The van der Waals surface area contributed by atoms with Gasteiger partial charge in [0.05, 0.1) is 8.07 Å². The molecule has 0 aromatic heterocycles. The average molecular weight is 363 g/mol. The van der Waals surface area contributed by atoms with Gasteiger partial charge in [0.1, 0.15) is 0 Å². The molecule has 134 valence electrons. The van der Waals surface area contributed by atoms with Crippen molar-refractivity contribution in [1.29, 1.82) is 0 Å². The molecule has 1 aromatic carbocycles. The normalized spacial score (nSPS) is 13.3. The van der Waals surface area contributed by atoms with Gasteiger partial charge in [0.25, 0.3) is 0 Å². The molecule has 0 heterocycles. The second kappa shape index (κ2) is 9.69. The second-order valence-corrected chi connectivity index (χ2v) is 14.5. The third-order valence-corrected chi connectivity index (χ3v) is 13.6. The van der Waals surface area contributed by atoms with Gasteiger partial charge in [-0.05, 0) is 47.3 Å². The van der Waals surface area contributed by atoms with Gasteiger partial charge in [-0.25, -0.2) is 0 Å². The number of halogens is 1. The summed E-state index contributed by atoms with van der Waals surface area (Å²) in [6.45, 7) is 16.9. The van der Waals surface area contributed by atoms with E-state index in [0.717, 1.165) is 27.2 Å². The Balaban J connectivity index is 3.29. The SMILES string of the molecule is CCCCC(C#Cc1ccc(Cl)cc1)[Si](C(C)C)(C(C)C)C(C)C. The van der Waals surface area contributed by atoms with Crippen molar-refractivity contribution in [3.63, 3.8) is 0 Å². The van der Waals surface area contributed by atoms with Crippen molar-refractivity contribution >= 4 is 19.7 Å². The van der Waals surface area contributed by atoms with Crippen LogP contribution in [-0.2, 0) is 0 Å². The lowest BCUT2D eigenvalue weighted by Gasteiger charge is -2.47. The molecule has 24 heavy (non-hydrogen) atoms. The van der Waals surface area contributed by atoms with Crippen LogP contribution in [0, 0.1) is 11.8 Å². The highest BCUT2D eigenvalue weighted by atomic mass is 35.5. The Hall–Kier alpha value is -0.713. The molecule has 1 aromatic rings. The van der Waals surface area contributed by atoms with Crippen molar-refractivity contribution in [3.05, 3.63) is 34.9 Å². The quantitative estimate of drug-likeness (QED) is 0.341. The van der Waals surface area contributed by atoms with Crippen molar-refractivity contribution in [2.75, 3.05) is 0 Å². The van der Waals surface area contributed by atoms with E-state index in [4.69, 9.17) is 11.6 Å². The zero-order chi connectivity index (χ0) is 18.3. The summed E-state index contributed by atoms with van der Waals surface area (Å²) in [5, 5.41) is 0.776. The molecule has 0 saturated heterocycles. The third kappa shape index (κ3) is 4.90. The molecule has 0 amide bonds. The van der Waals surface area contributed by atoms with Gasteiger partial charge in [-0.3, -0.25) is 0 Å². The first kappa shape index (κ1) is 21.3. The van der Waals surface area contributed by atoms with E-state index in [9.17, 15) is 0 Å². The fourth-order valence-electron chi connectivity index (χ4n) is 4.77. The molecule has 1 atom stereocenters. The number of benzene rings is 1. The molecule has 0 aliphatic rings. The summed E-state index contributed by atoms with van der Waals surface area (Å²) in [7, 11) is -1.56. The van der Waals surface area contributed by atoms with E-state index >= 15 is 0 Å². The van der Waals surface area contributed by atoms with Gasteiger partial charge in [0.15, 0.2) is 0 Å². The van der Waals surface area contributed by atoms with Crippen molar-refractivity contribution in [1.82, 2.24) is 0 Å². The predicted molar refractivity (Wildman–Crippen MR) is 113 cm³/mol. The topological polar surface area (TPSA) is 0 Å². The summed E-state index contributed by atoms with van der Waals surface area (Å²) in [6, 6.07) is 7.94. The number of unbranched alkanes of at least 4 members (excludes halogenated alkanes) is 1. The minimum atomic E-state index is -1.56. The fourth-order valence-corrected chi connectivity index (χ4v) is 12.3. The van der Waals surface area contributed by atoms with E-state index in [-0.39, 0.29) is 0 Å². The van der Waals surface area contributed by atoms with Gasteiger partial charge in [0, 0.05) is 16.1 Å². The first-order valence-electron chi connectivity index (χ1n) is 9.53. The molecule has 0 fully saturated rings. The highest BCUT2D eigenvalue weighted by Gasteiger charge is 2.47. The largest absolute Gasteiger partial charge is 0.0976 e. The highest BCUT2D eigenvalue weighted by Crippen LogP contribution is 2.50. The minimum Gasteiger partial charge on any atom is -0.0976 e. The zero-order valence-electron chi connectivity index (χ0n) is 16.6. The molecular weight excluding hydrogens is 328 g/mol. The lowest BCUT2D eigenvalue weighted by atomic mass is 10.1. The van der Waals surface area contributed by atoms with Gasteiger partial charge in [-0.1, -0.05) is 84.7 Å². The van der Waals surface area contributed by atoms with Crippen LogP contribution in [-0.4, -0.2) is 8.07 Å². The molecule has 0 saturated carbocycles. The molecule has 1 rings (SSSR count). The fraction of sp³-hybridized carbons (Fsp3) is 0.636. The Kier molecular flexibility index (Phi) is 8.61. The van der Waals surface area contributed by atoms with Crippen molar-refractivity contribution in [2.45, 2.75) is 89.9 Å². The maximum Gasteiger partial charge on any atom is 0.0779 e. The molecule has 0 aliphatic heterocycles. The Morgan fingerprint density at radius 1 is 0.917 bits per heavy atom. The van der Waals surface area contributed by atoms with E-state index in [0.29, 0.717) is 5.54 Å². The summed E-state index contributed by atoms with van der Waals surface area (Å²) in [4.78, 5) is 0. The lowest BCUT2D eigenvalue weighted by molar-refractivity contribution is 0.677. The summed E-state index contributed by atoms with van der Waals surface area (Å²) >= 11 is 6.00. The maximum atomic E-state index is 6.00. The van der Waals surface area contributed by atoms with Crippen LogP contribution in [0.5, 0.6) is 0 Å². The van der Waals surface area contributed by atoms with E-state index in [2.05, 4.69) is 60.3 Å². The van der Waals surface area contributed by atoms with E-state index < -0.39 is 8.07 Å². The van der Waals surface area contributed by atoms with Crippen LogP contribution in [0.1, 0.15) is 73.3 Å². The Morgan fingerprint density at radius 2 is 1.42 bits per heavy atom. The zero-order valence-corrected chi connectivity index (χ0v) is 18.4. The molecular formula is C22H35ClSi. The number of hydrogen-bond acceptors (Lipinski definition) is 0. The molecule has 2 heteroatoms. The van der Waals surface area contributed by atoms with Crippen LogP contribution in [0.15, 0.2) is 24.3 Å². The summed E-state index contributed by atoms with van der Waals surface area (Å²) in [6.07, 6.45) is 3.77. The first-order valence-corrected chi connectivity index (χ1v) is 12.2. The van der Waals surface area contributed by atoms with Crippen LogP contribution in [0.25, 0.3) is 0 Å². The highest BCUT2D eigenvalue weighted by molar-refractivity contribution is 6.85. The Labute approximate surface area is 156 Å². The molecule has 1 unspecified atom stereocenters. The van der Waals surface area contributed by atoms with E-state index in [1.54, 1.807) is 0 Å². The van der Waals surface area contributed by atoms with Crippen molar-refractivity contribution in [3.8, 4) is 11.8 Å². The van der Waals surface area contributed by atoms with Gasteiger partial charge < -0.3 is 0 Å². The summed E-state index contributed by atoms with van der Waals surface area (Å²) in [5.74, 6) is 7.22. The standard InChI is InChI=1S/C22H35ClSi/c1-8-9-10-22(16-13-20-11-14-21(23)15-12-20)24(17(2)3,18(4)5)19(6)7/h11-12,14-15,17-19,22H,8-10H2,1-7H3. The van der Waals surface area contributed by atoms with Crippen molar-refractivity contribution in [2.24, 2.45) is 0 Å². The Morgan fingerprint density at radius 3 is 1.83 bits per heavy atom. The number of rotatable bonds is 7. The van der Waals surface area contributed by atoms with Crippen LogP contribution in [0.3, 0.4) is 0 Å². The molecule has 0 N–H and O–H groups in total. The third-order valence-electron chi connectivity index (χ3n) is 5.68. The molecule has 0 radical (unpaired) electrons.